The summed E-state index contributed by atoms with van der Waals surface area (Å²) in [6.45, 7) is 2.73. The minimum atomic E-state index is -0.194. The molecule has 2 heterocycles. The van der Waals surface area contributed by atoms with Gasteiger partial charge in [-0.05, 0) is 6.07 Å². The van der Waals surface area contributed by atoms with Gasteiger partial charge in [-0.15, -0.1) is 0 Å². The van der Waals surface area contributed by atoms with Crippen molar-refractivity contribution in [2.75, 3.05) is 0 Å². The van der Waals surface area contributed by atoms with E-state index in [1.807, 2.05) is 6.92 Å². The maximum absolute atomic E-state index is 11.9. The zero-order valence-electron chi connectivity index (χ0n) is 10.5. The summed E-state index contributed by atoms with van der Waals surface area (Å²) in [5.41, 5.74) is -0.281. The van der Waals surface area contributed by atoms with Crippen LogP contribution in [-0.4, -0.2) is 14.1 Å². The van der Waals surface area contributed by atoms with E-state index in [0.29, 0.717) is 25.3 Å². The molecule has 2 rings (SSSR count). The number of aryl methyl sites for hydroxylation is 2. The number of halogens is 1. The second kappa shape index (κ2) is 5.84. The summed E-state index contributed by atoms with van der Waals surface area (Å²) in [4.78, 5) is 27.6. The van der Waals surface area contributed by atoms with Gasteiger partial charge in [0.25, 0.3) is 11.1 Å². The van der Waals surface area contributed by atoms with Crippen molar-refractivity contribution in [1.29, 1.82) is 0 Å². The number of hydrogen-bond acceptors (Lipinski definition) is 3. The molecule has 0 saturated heterocycles. The minimum Gasteiger partial charge on any atom is -0.314 e. The van der Waals surface area contributed by atoms with Crippen LogP contribution in [0.1, 0.15) is 12.7 Å². The number of rotatable bonds is 4. The van der Waals surface area contributed by atoms with Gasteiger partial charge in [-0.25, -0.2) is 4.98 Å². The average molecular weight is 280 g/mol. The highest BCUT2D eigenvalue weighted by Gasteiger charge is 2.06. The molecule has 0 aromatic carbocycles. The molecular weight excluding hydrogens is 266 g/mol. The van der Waals surface area contributed by atoms with E-state index in [9.17, 15) is 9.59 Å². The Morgan fingerprint density at radius 2 is 2.00 bits per heavy atom. The molecule has 100 valence electrons. The molecule has 0 spiro atoms. The highest BCUT2D eigenvalue weighted by molar-refractivity contribution is 6.29. The minimum absolute atomic E-state index is 0.0875. The predicted octanol–water partition coefficient (Wildman–Crippen LogP) is 1.32. The first-order valence-corrected chi connectivity index (χ1v) is 6.41. The van der Waals surface area contributed by atoms with E-state index >= 15 is 0 Å². The van der Waals surface area contributed by atoms with E-state index in [1.165, 1.54) is 12.1 Å². The molecule has 0 amide bonds. The fourth-order valence-electron chi connectivity index (χ4n) is 1.89. The standard InChI is InChI=1S/C13H14ClN3O2/c1-2-11-15-10(14)9-13(19)17(11)8-7-16-6-4-3-5-12(16)18/h3-6,9H,2,7-8H2,1H3. The third-order valence-electron chi connectivity index (χ3n) is 2.84. The van der Waals surface area contributed by atoms with Crippen LogP contribution in [-0.2, 0) is 19.5 Å². The van der Waals surface area contributed by atoms with Crippen LogP contribution in [0.2, 0.25) is 5.15 Å². The first kappa shape index (κ1) is 13.5. The van der Waals surface area contributed by atoms with E-state index in [4.69, 9.17) is 11.6 Å². The first-order chi connectivity index (χ1) is 9.11. The normalized spacial score (nSPS) is 10.6. The third-order valence-corrected chi connectivity index (χ3v) is 3.03. The van der Waals surface area contributed by atoms with Crippen molar-refractivity contribution in [2.24, 2.45) is 0 Å². The topological polar surface area (TPSA) is 56.9 Å². The average Bonchev–Trinajstić information content (AvgIpc) is 2.38. The smallest absolute Gasteiger partial charge is 0.255 e. The molecule has 0 bridgehead atoms. The summed E-state index contributed by atoms with van der Waals surface area (Å²) in [7, 11) is 0. The molecule has 0 N–H and O–H groups in total. The maximum atomic E-state index is 11.9. The fourth-order valence-corrected chi connectivity index (χ4v) is 2.08. The van der Waals surface area contributed by atoms with Crippen molar-refractivity contribution in [3.05, 3.63) is 62.1 Å². The van der Waals surface area contributed by atoms with Crippen LogP contribution in [0.15, 0.2) is 40.1 Å². The molecule has 0 radical (unpaired) electrons. The van der Waals surface area contributed by atoms with Gasteiger partial charge >= 0.3 is 0 Å². The van der Waals surface area contributed by atoms with Crippen LogP contribution in [0, 0.1) is 0 Å². The molecule has 2 aromatic heterocycles. The molecule has 6 heteroatoms. The summed E-state index contributed by atoms with van der Waals surface area (Å²) in [5, 5.41) is 0.204. The Hall–Kier alpha value is -1.88. The number of aromatic nitrogens is 3. The molecule has 0 aliphatic heterocycles. The van der Waals surface area contributed by atoms with E-state index < -0.39 is 0 Å². The fraction of sp³-hybridized carbons (Fsp3) is 0.308. The molecular formula is C13H14ClN3O2. The van der Waals surface area contributed by atoms with Gasteiger partial charge in [-0.1, -0.05) is 24.6 Å². The van der Waals surface area contributed by atoms with Crippen LogP contribution < -0.4 is 11.1 Å². The zero-order valence-corrected chi connectivity index (χ0v) is 11.3. The Labute approximate surface area is 115 Å². The second-order valence-electron chi connectivity index (χ2n) is 4.07. The highest BCUT2D eigenvalue weighted by Crippen LogP contribution is 2.03. The van der Waals surface area contributed by atoms with Crippen LogP contribution in [0.5, 0.6) is 0 Å². The van der Waals surface area contributed by atoms with Crippen LogP contribution in [0.25, 0.3) is 0 Å². The van der Waals surface area contributed by atoms with Crippen LogP contribution in [0.4, 0.5) is 0 Å². The van der Waals surface area contributed by atoms with Gasteiger partial charge in [-0.2, -0.15) is 0 Å². The van der Waals surface area contributed by atoms with Crippen molar-refractivity contribution in [1.82, 2.24) is 14.1 Å². The first-order valence-electron chi connectivity index (χ1n) is 6.03. The van der Waals surface area contributed by atoms with E-state index in [-0.39, 0.29) is 16.3 Å². The molecule has 0 aliphatic carbocycles. The van der Waals surface area contributed by atoms with Gasteiger partial charge < -0.3 is 4.57 Å². The van der Waals surface area contributed by atoms with Gasteiger partial charge in [0.2, 0.25) is 0 Å². The second-order valence-corrected chi connectivity index (χ2v) is 4.46. The summed E-state index contributed by atoms with van der Waals surface area (Å²) < 4.78 is 3.10. The summed E-state index contributed by atoms with van der Waals surface area (Å²) in [6, 6.07) is 6.25. The van der Waals surface area contributed by atoms with E-state index in [0.717, 1.165) is 0 Å². The number of nitrogens with zero attached hydrogens (tertiary/aromatic N) is 3. The summed E-state index contributed by atoms with van der Waals surface area (Å²) >= 11 is 5.76. The van der Waals surface area contributed by atoms with Crippen molar-refractivity contribution in [3.8, 4) is 0 Å². The van der Waals surface area contributed by atoms with E-state index in [1.54, 1.807) is 27.5 Å². The summed E-state index contributed by atoms with van der Waals surface area (Å²) in [6.07, 6.45) is 2.31. The predicted molar refractivity (Wildman–Crippen MR) is 73.6 cm³/mol. The lowest BCUT2D eigenvalue weighted by atomic mass is 10.4. The Kier molecular flexibility index (Phi) is 4.16. The number of pyridine rings is 1. The lowest BCUT2D eigenvalue weighted by Crippen LogP contribution is -2.28. The van der Waals surface area contributed by atoms with Crippen LogP contribution in [0.3, 0.4) is 0 Å². The molecule has 19 heavy (non-hydrogen) atoms. The quantitative estimate of drug-likeness (QED) is 0.793. The Bertz CT molecular complexity index is 691. The third kappa shape index (κ3) is 3.12. The van der Waals surface area contributed by atoms with E-state index in [2.05, 4.69) is 4.98 Å². The summed E-state index contributed by atoms with van der Waals surface area (Å²) in [5.74, 6) is 0.626. The molecule has 0 fully saturated rings. The zero-order chi connectivity index (χ0) is 13.8. The van der Waals surface area contributed by atoms with Gasteiger partial charge in [-0.3, -0.25) is 14.2 Å². The lowest BCUT2D eigenvalue weighted by molar-refractivity contribution is 0.527. The van der Waals surface area contributed by atoms with Gasteiger partial charge in [0.15, 0.2) is 0 Å². The van der Waals surface area contributed by atoms with Crippen molar-refractivity contribution in [3.63, 3.8) is 0 Å². The SMILES string of the molecule is CCc1nc(Cl)cc(=O)n1CCn1ccccc1=O. The van der Waals surface area contributed by atoms with Gasteiger partial charge in [0, 0.05) is 37.8 Å². The Morgan fingerprint density at radius 1 is 1.21 bits per heavy atom. The Balaban J connectivity index is 2.28. The monoisotopic (exact) mass is 279 g/mol. The van der Waals surface area contributed by atoms with Gasteiger partial charge in [0.05, 0.1) is 0 Å². The molecule has 0 saturated carbocycles. The largest absolute Gasteiger partial charge is 0.314 e. The highest BCUT2D eigenvalue weighted by atomic mass is 35.5. The van der Waals surface area contributed by atoms with Crippen LogP contribution >= 0.6 is 11.6 Å². The molecule has 5 nitrogen and oxygen atoms in total. The van der Waals surface area contributed by atoms with Crippen molar-refractivity contribution in [2.45, 2.75) is 26.4 Å². The van der Waals surface area contributed by atoms with Crippen molar-refractivity contribution < 1.29 is 0 Å². The van der Waals surface area contributed by atoms with Crippen molar-refractivity contribution >= 4 is 11.6 Å². The molecule has 2 aromatic rings. The lowest BCUT2D eigenvalue weighted by Gasteiger charge is -2.11. The molecule has 0 aliphatic rings. The maximum Gasteiger partial charge on any atom is 0.255 e. The molecule has 0 unspecified atom stereocenters. The molecule has 0 atom stereocenters. The van der Waals surface area contributed by atoms with Gasteiger partial charge in [0.1, 0.15) is 11.0 Å². The number of hydrogen-bond donors (Lipinski definition) is 0. The Morgan fingerprint density at radius 3 is 2.68 bits per heavy atom.